The zero-order valence-corrected chi connectivity index (χ0v) is 15.1. The smallest absolute Gasteiger partial charge is 0.267 e. The molecule has 0 spiro atoms. The number of anilines is 3. The van der Waals surface area contributed by atoms with Gasteiger partial charge in [0.15, 0.2) is 11.6 Å². The number of nitrogens with one attached hydrogen (secondary N) is 2. The Hall–Kier alpha value is -4.34. The molecule has 0 atom stereocenters. The normalized spacial score (nSPS) is 10.5. The molecule has 0 aliphatic heterocycles. The Balaban J connectivity index is 1.36. The predicted octanol–water partition coefficient (Wildman–Crippen LogP) is 1.60. The second-order valence-electron chi connectivity index (χ2n) is 6.00. The molecule has 0 aliphatic rings. The lowest BCUT2D eigenvalue weighted by Crippen LogP contribution is -2.28. The number of hydrogen-bond acceptors (Lipinski definition) is 7. The van der Waals surface area contributed by atoms with E-state index in [0.717, 1.165) is 10.4 Å². The minimum Gasteiger partial charge on any atom is -0.339 e. The summed E-state index contributed by atoms with van der Waals surface area (Å²) in [5, 5.41) is 22.1. The van der Waals surface area contributed by atoms with Crippen LogP contribution in [0.25, 0.3) is 5.82 Å². The zero-order chi connectivity index (χ0) is 20.1. The SMILES string of the molecule is O=C(Cn1ncccc1=O)Nc1ccc(Nc2ccc(-n3cccn3)nn2)cc1. The molecule has 4 rings (SSSR count). The van der Waals surface area contributed by atoms with E-state index in [0.29, 0.717) is 17.3 Å². The van der Waals surface area contributed by atoms with E-state index in [4.69, 9.17) is 0 Å². The molecule has 10 nitrogen and oxygen atoms in total. The maximum atomic E-state index is 12.1. The molecule has 3 heterocycles. The van der Waals surface area contributed by atoms with Crippen molar-refractivity contribution in [2.45, 2.75) is 6.54 Å². The van der Waals surface area contributed by atoms with Gasteiger partial charge in [0.1, 0.15) is 6.54 Å². The number of hydrogen-bond donors (Lipinski definition) is 2. The van der Waals surface area contributed by atoms with Crippen molar-refractivity contribution in [3.63, 3.8) is 0 Å². The summed E-state index contributed by atoms with van der Waals surface area (Å²) in [6.07, 6.45) is 4.91. The molecule has 144 valence electrons. The van der Waals surface area contributed by atoms with E-state index < -0.39 is 0 Å². The highest BCUT2D eigenvalue weighted by Gasteiger charge is 2.06. The van der Waals surface area contributed by atoms with E-state index in [9.17, 15) is 9.59 Å². The van der Waals surface area contributed by atoms with Crippen LogP contribution in [-0.4, -0.2) is 35.7 Å². The number of aromatic nitrogens is 6. The lowest BCUT2D eigenvalue weighted by Gasteiger charge is -2.09. The molecule has 0 fully saturated rings. The fourth-order valence-corrected chi connectivity index (χ4v) is 2.55. The number of carbonyl (C=O) groups excluding carboxylic acids is 1. The van der Waals surface area contributed by atoms with Gasteiger partial charge in [0.05, 0.1) is 0 Å². The van der Waals surface area contributed by atoms with E-state index in [1.54, 1.807) is 53.5 Å². The van der Waals surface area contributed by atoms with Crippen molar-refractivity contribution in [1.29, 1.82) is 0 Å². The van der Waals surface area contributed by atoms with Gasteiger partial charge in [0.25, 0.3) is 5.56 Å². The van der Waals surface area contributed by atoms with Crippen LogP contribution in [-0.2, 0) is 11.3 Å². The predicted molar refractivity (Wildman–Crippen MR) is 106 cm³/mol. The molecular weight excluding hydrogens is 372 g/mol. The number of carbonyl (C=O) groups is 1. The first-order valence-electron chi connectivity index (χ1n) is 8.70. The lowest BCUT2D eigenvalue weighted by atomic mass is 10.2. The third kappa shape index (κ3) is 4.50. The van der Waals surface area contributed by atoms with Crippen molar-refractivity contribution in [1.82, 2.24) is 29.8 Å². The molecule has 0 bridgehead atoms. The van der Waals surface area contributed by atoms with Gasteiger partial charge < -0.3 is 10.6 Å². The van der Waals surface area contributed by atoms with E-state index in [2.05, 4.69) is 31.0 Å². The van der Waals surface area contributed by atoms with E-state index in [-0.39, 0.29) is 18.0 Å². The van der Waals surface area contributed by atoms with Crippen LogP contribution in [0.4, 0.5) is 17.2 Å². The standard InChI is InChI=1S/C19H16N8O2/c28-18(13-27-19(29)3-1-10-21-27)23-15-6-4-14(5-7-15)22-16-8-9-17(25-24-16)26-12-2-11-20-26/h1-12H,13H2,(H,22,24)(H,23,28). The Morgan fingerprint density at radius 1 is 0.897 bits per heavy atom. The quantitative estimate of drug-likeness (QED) is 0.515. The average Bonchev–Trinajstić information content (AvgIpc) is 3.27. The maximum absolute atomic E-state index is 12.1. The van der Waals surface area contributed by atoms with Crippen molar-refractivity contribution in [3.05, 3.63) is 83.5 Å². The monoisotopic (exact) mass is 388 g/mol. The number of amides is 1. The summed E-state index contributed by atoms with van der Waals surface area (Å²) >= 11 is 0. The Labute approximate surface area is 164 Å². The summed E-state index contributed by atoms with van der Waals surface area (Å²) in [6.45, 7) is -0.155. The van der Waals surface area contributed by atoms with E-state index >= 15 is 0 Å². The first kappa shape index (κ1) is 18.0. The van der Waals surface area contributed by atoms with Crippen LogP contribution in [0, 0.1) is 0 Å². The molecule has 0 unspecified atom stereocenters. The Kier molecular flexibility index (Phi) is 5.06. The highest BCUT2D eigenvalue weighted by Crippen LogP contribution is 2.17. The molecule has 3 aromatic heterocycles. The average molecular weight is 388 g/mol. The third-order valence-corrected chi connectivity index (χ3v) is 3.91. The van der Waals surface area contributed by atoms with Gasteiger partial charge in [-0.3, -0.25) is 9.59 Å². The minimum atomic E-state index is -0.341. The van der Waals surface area contributed by atoms with Crippen LogP contribution in [0.3, 0.4) is 0 Å². The molecule has 0 aliphatic carbocycles. The molecule has 29 heavy (non-hydrogen) atoms. The van der Waals surface area contributed by atoms with Crippen LogP contribution < -0.4 is 16.2 Å². The fourth-order valence-electron chi connectivity index (χ4n) is 2.55. The largest absolute Gasteiger partial charge is 0.339 e. The highest BCUT2D eigenvalue weighted by molar-refractivity contribution is 5.90. The Bertz CT molecular complexity index is 1150. The molecule has 0 saturated carbocycles. The third-order valence-electron chi connectivity index (χ3n) is 3.91. The summed E-state index contributed by atoms with van der Waals surface area (Å²) in [5.41, 5.74) is 1.05. The Morgan fingerprint density at radius 3 is 2.38 bits per heavy atom. The minimum absolute atomic E-state index is 0.155. The molecule has 1 aromatic carbocycles. The van der Waals surface area contributed by atoms with Crippen molar-refractivity contribution in [2.24, 2.45) is 0 Å². The maximum Gasteiger partial charge on any atom is 0.267 e. The van der Waals surface area contributed by atoms with Crippen LogP contribution in [0.5, 0.6) is 0 Å². The first-order valence-corrected chi connectivity index (χ1v) is 8.70. The molecule has 0 saturated heterocycles. The summed E-state index contributed by atoms with van der Waals surface area (Å²) in [5.74, 6) is 0.851. The summed E-state index contributed by atoms with van der Waals surface area (Å²) in [7, 11) is 0. The second-order valence-corrected chi connectivity index (χ2v) is 6.00. The molecule has 2 N–H and O–H groups in total. The summed E-state index contributed by atoms with van der Waals surface area (Å²) in [6, 6.07) is 15.4. The topological polar surface area (TPSA) is 120 Å². The van der Waals surface area contributed by atoms with Crippen LogP contribution in [0.1, 0.15) is 0 Å². The number of benzene rings is 1. The molecule has 4 aromatic rings. The van der Waals surface area contributed by atoms with Crippen molar-refractivity contribution >= 4 is 23.1 Å². The summed E-state index contributed by atoms with van der Waals surface area (Å²) in [4.78, 5) is 23.7. The van der Waals surface area contributed by atoms with Crippen LogP contribution >= 0.6 is 0 Å². The summed E-state index contributed by atoms with van der Waals surface area (Å²) < 4.78 is 2.71. The number of rotatable bonds is 6. The first-order chi connectivity index (χ1) is 14.2. The second kappa shape index (κ2) is 8.13. The van der Waals surface area contributed by atoms with Crippen molar-refractivity contribution in [3.8, 4) is 5.82 Å². The lowest BCUT2D eigenvalue weighted by molar-refractivity contribution is -0.117. The number of nitrogens with zero attached hydrogens (tertiary/aromatic N) is 6. The van der Waals surface area contributed by atoms with Crippen molar-refractivity contribution in [2.75, 3.05) is 10.6 Å². The van der Waals surface area contributed by atoms with E-state index in [1.165, 1.54) is 18.3 Å². The van der Waals surface area contributed by atoms with Gasteiger partial charge in [-0.05, 0) is 48.5 Å². The fraction of sp³-hybridized carbons (Fsp3) is 0.0526. The van der Waals surface area contributed by atoms with Crippen molar-refractivity contribution < 1.29 is 4.79 Å². The molecule has 1 amide bonds. The Morgan fingerprint density at radius 2 is 1.69 bits per heavy atom. The zero-order valence-electron chi connectivity index (χ0n) is 15.1. The van der Waals surface area contributed by atoms with Gasteiger partial charge in [-0.2, -0.15) is 10.2 Å². The van der Waals surface area contributed by atoms with Crippen LogP contribution in [0.15, 0.2) is 78.0 Å². The van der Waals surface area contributed by atoms with Gasteiger partial charge in [0, 0.05) is 36.0 Å². The van der Waals surface area contributed by atoms with Gasteiger partial charge in [-0.25, -0.2) is 9.36 Å². The molecule has 0 radical (unpaired) electrons. The van der Waals surface area contributed by atoms with Gasteiger partial charge in [-0.15, -0.1) is 10.2 Å². The van der Waals surface area contributed by atoms with Gasteiger partial charge >= 0.3 is 0 Å². The molecular formula is C19H16N8O2. The highest BCUT2D eigenvalue weighted by atomic mass is 16.2. The molecule has 10 heteroatoms. The van der Waals surface area contributed by atoms with Gasteiger partial charge in [-0.1, -0.05) is 0 Å². The van der Waals surface area contributed by atoms with Gasteiger partial charge in [0.2, 0.25) is 5.91 Å². The van der Waals surface area contributed by atoms with E-state index in [1.807, 2.05) is 6.07 Å². The van der Waals surface area contributed by atoms with Crippen LogP contribution in [0.2, 0.25) is 0 Å².